The Morgan fingerprint density at radius 1 is 1.23 bits per heavy atom. The van der Waals surface area contributed by atoms with Crippen LogP contribution in [0.25, 0.3) is 11.0 Å². The van der Waals surface area contributed by atoms with Crippen LogP contribution >= 0.6 is 0 Å². The van der Waals surface area contributed by atoms with Crippen LogP contribution in [-0.4, -0.2) is 43.3 Å². The van der Waals surface area contributed by atoms with E-state index >= 15 is 0 Å². The number of amides is 1. The minimum atomic E-state index is -3.04. The molecule has 0 radical (unpaired) electrons. The number of fused-ring (bicyclic) bond motifs is 1. The van der Waals surface area contributed by atoms with Crippen LogP contribution in [0.3, 0.4) is 0 Å². The Morgan fingerprint density at radius 2 is 1.91 bits per heavy atom. The summed E-state index contributed by atoms with van der Waals surface area (Å²) < 4.78 is 28.9. The van der Waals surface area contributed by atoms with Crippen molar-refractivity contribution in [2.45, 2.75) is 26.8 Å². The van der Waals surface area contributed by atoms with Gasteiger partial charge in [-0.25, -0.2) is 8.42 Å². The highest BCUT2D eigenvalue weighted by Gasteiger charge is 2.33. The summed E-state index contributed by atoms with van der Waals surface area (Å²) in [7, 11) is -3.04. The smallest absolute Gasteiger partial charge is 0.289 e. The first-order valence-corrected chi connectivity index (χ1v) is 9.11. The maximum atomic E-state index is 12.6. The predicted octanol–water partition coefficient (Wildman–Crippen LogP) is 2.31. The van der Waals surface area contributed by atoms with E-state index in [1.807, 2.05) is 26.0 Å². The van der Waals surface area contributed by atoms with Gasteiger partial charge in [-0.05, 0) is 50.1 Å². The number of benzene rings is 1. The zero-order valence-electron chi connectivity index (χ0n) is 12.9. The maximum Gasteiger partial charge on any atom is 0.289 e. The van der Waals surface area contributed by atoms with Gasteiger partial charge in [-0.15, -0.1) is 0 Å². The first kappa shape index (κ1) is 15.1. The number of furan rings is 1. The summed E-state index contributed by atoms with van der Waals surface area (Å²) >= 11 is 0. The van der Waals surface area contributed by atoms with E-state index in [1.165, 1.54) is 0 Å². The summed E-state index contributed by atoms with van der Waals surface area (Å²) in [4.78, 5) is 14.2. The number of carbonyl (C=O) groups excluding carboxylic acids is 1. The monoisotopic (exact) mass is 321 g/mol. The maximum absolute atomic E-state index is 12.6. The van der Waals surface area contributed by atoms with Gasteiger partial charge in [-0.1, -0.05) is 0 Å². The molecule has 118 valence electrons. The number of sulfone groups is 1. The van der Waals surface area contributed by atoms with Crippen LogP contribution in [0.5, 0.6) is 0 Å². The molecule has 0 bridgehead atoms. The first-order chi connectivity index (χ1) is 10.3. The lowest BCUT2D eigenvalue weighted by Crippen LogP contribution is -2.49. The Hall–Kier alpha value is -1.82. The van der Waals surface area contributed by atoms with Crippen molar-refractivity contribution in [3.63, 3.8) is 0 Å². The van der Waals surface area contributed by atoms with E-state index in [1.54, 1.807) is 17.9 Å². The zero-order chi connectivity index (χ0) is 16.1. The number of carbonyl (C=O) groups is 1. The summed E-state index contributed by atoms with van der Waals surface area (Å²) in [5.41, 5.74) is 2.94. The average molecular weight is 321 g/mol. The molecule has 5 nitrogen and oxygen atoms in total. The minimum Gasteiger partial charge on any atom is -0.451 e. The fraction of sp³-hybridized carbons (Fsp3) is 0.438. The molecule has 1 aromatic carbocycles. The van der Waals surface area contributed by atoms with E-state index in [2.05, 4.69) is 0 Å². The average Bonchev–Trinajstić information content (AvgIpc) is 2.80. The molecule has 1 atom stereocenters. The van der Waals surface area contributed by atoms with Gasteiger partial charge in [0.05, 0.1) is 11.5 Å². The lowest BCUT2D eigenvalue weighted by atomic mass is 10.1. The van der Waals surface area contributed by atoms with Gasteiger partial charge in [-0.2, -0.15) is 0 Å². The summed E-state index contributed by atoms with van der Waals surface area (Å²) in [5.74, 6) is 0.0543. The third-order valence-electron chi connectivity index (χ3n) is 4.27. The predicted molar refractivity (Wildman–Crippen MR) is 84.8 cm³/mol. The van der Waals surface area contributed by atoms with Crippen molar-refractivity contribution in [2.24, 2.45) is 0 Å². The zero-order valence-corrected chi connectivity index (χ0v) is 13.7. The van der Waals surface area contributed by atoms with E-state index in [4.69, 9.17) is 4.42 Å². The summed E-state index contributed by atoms with van der Waals surface area (Å²) in [6, 6.07) is 5.32. The fourth-order valence-corrected chi connectivity index (χ4v) is 4.41. The van der Waals surface area contributed by atoms with Gasteiger partial charge in [0, 0.05) is 18.0 Å². The third-order valence-corrected chi connectivity index (χ3v) is 6.07. The molecule has 1 aromatic heterocycles. The normalized spacial score (nSPS) is 21.2. The number of aryl methyl sites for hydroxylation is 2. The van der Waals surface area contributed by atoms with Gasteiger partial charge in [-0.3, -0.25) is 4.79 Å². The Labute approximate surface area is 129 Å². The number of hydrogen-bond donors (Lipinski definition) is 0. The van der Waals surface area contributed by atoms with Crippen LogP contribution in [0.4, 0.5) is 0 Å². The van der Waals surface area contributed by atoms with Crippen LogP contribution in [-0.2, 0) is 9.84 Å². The molecular formula is C16H19NO4S. The molecule has 1 aliphatic heterocycles. The lowest BCUT2D eigenvalue weighted by molar-refractivity contribution is 0.0682. The molecule has 2 heterocycles. The lowest BCUT2D eigenvalue weighted by Gasteiger charge is -2.32. The minimum absolute atomic E-state index is 0.0111. The third kappa shape index (κ3) is 2.63. The highest BCUT2D eigenvalue weighted by molar-refractivity contribution is 7.91. The van der Waals surface area contributed by atoms with Crippen molar-refractivity contribution >= 4 is 26.7 Å². The van der Waals surface area contributed by atoms with Crippen LogP contribution < -0.4 is 0 Å². The highest BCUT2D eigenvalue weighted by Crippen LogP contribution is 2.25. The molecule has 0 aliphatic carbocycles. The fourth-order valence-electron chi connectivity index (χ4n) is 2.85. The SMILES string of the molecule is Cc1cc2cc(C(=O)N3CCS(=O)(=O)C[C@H]3C)oc2cc1C. The summed E-state index contributed by atoms with van der Waals surface area (Å²) in [6.07, 6.45) is 0. The van der Waals surface area contributed by atoms with Crippen molar-refractivity contribution in [3.05, 3.63) is 35.1 Å². The van der Waals surface area contributed by atoms with Crippen molar-refractivity contribution in [1.82, 2.24) is 4.90 Å². The molecule has 6 heteroatoms. The Kier molecular flexibility index (Phi) is 3.51. The second-order valence-corrected chi connectivity index (χ2v) is 8.28. The quantitative estimate of drug-likeness (QED) is 0.808. The molecule has 3 rings (SSSR count). The first-order valence-electron chi connectivity index (χ1n) is 7.29. The van der Waals surface area contributed by atoms with Crippen molar-refractivity contribution in [3.8, 4) is 0 Å². The molecule has 1 saturated heterocycles. The Morgan fingerprint density at radius 3 is 2.59 bits per heavy atom. The largest absolute Gasteiger partial charge is 0.451 e. The number of rotatable bonds is 1. The molecule has 0 spiro atoms. The topological polar surface area (TPSA) is 67.6 Å². The van der Waals surface area contributed by atoms with Crippen molar-refractivity contribution in [2.75, 3.05) is 18.1 Å². The van der Waals surface area contributed by atoms with E-state index < -0.39 is 9.84 Å². The van der Waals surface area contributed by atoms with Gasteiger partial charge < -0.3 is 9.32 Å². The molecule has 1 fully saturated rings. The number of hydrogen-bond acceptors (Lipinski definition) is 4. The molecule has 2 aromatic rings. The van der Waals surface area contributed by atoms with Crippen LogP contribution in [0.15, 0.2) is 22.6 Å². The molecule has 0 N–H and O–H groups in total. The molecular weight excluding hydrogens is 302 g/mol. The molecule has 0 unspecified atom stereocenters. The van der Waals surface area contributed by atoms with Gasteiger partial charge in [0.15, 0.2) is 15.6 Å². The standard InChI is InChI=1S/C16H19NO4S/c1-10-6-13-8-15(21-14(13)7-11(10)2)16(18)17-4-5-22(19,20)9-12(17)3/h6-8,12H,4-5,9H2,1-3H3/t12-/m1/s1. The second-order valence-electron chi connectivity index (χ2n) is 6.05. The van der Waals surface area contributed by atoms with Gasteiger partial charge in [0.2, 0.25) is 0 Å². The van der Waals surface area contributed by atoms with E-state index in [9.17, 15) is 13.2 Å². The van der Waals surface area contributed by atoms with Crippen molar-refractivity contribution in [1.29, 1.82) is 0 Å². The molecule has 0 saturated carbocycles. The van der Waals surface area contributed by atoms with E-state index in [-0.39, 0.29) is 35.8 Å². The van der Waals surface area contributed by atoms with E-state index in [0.717, 1.165) is 16.5 Å². The van der Waals surface area contributed by atoms with Gasteiger partial charge in [0.25, 0.3) is 5.91 Å². The highest BCUT2D eigenvalue weighted by atomic mass is 32.2. The van der Waals surface area contributed by atoms with Crippen LogP contribution in [0, 0.1) is 13.8 Å². The van der Waals surface area contributed by atoms with Crippen molar-refractivity contribution < 1.29 is 17.6 Å². The van der Waals surface area contributed by atoms with Gasteiger partial charge in [0.1, 0.15) is 5.58 Å². The summed E-state index contributed by atoms with van der Waals surface area (Å²) in [5, 5.41) is 0.892. The van der Waals surface area contributed by atoms with Crippen LogP contribution in [0.2, 0.25) is 0 Å². The van der Waals surface area contributed by atoms with Crippen LogP contribution in [0.1, 0.15) is 28.6 Å². The Bertz CT molecular complexity index is 811. The van der Waals surface area contributed by atoms with Gasteiger partial charge >= 0.3 is 0 Å². The van der Waals surface area contributed by atoms with E-state index in [0.29, 0.717) is 5.58 Å². The second kappa shape index (κ2) is 5.12. The molecule has 1 aliphatic rings. The Balaban J connectivity index is 1.92. The number of nitrogens with zero attached hydrogens (tertiary/aromatic N) is 1. The molecule has 1 amide bonds. The molecule has 22 heavy (non-hydrogen) atoms. The summed E-state index contributed by atoms with van der Waals surface area (Å²) in [6.45, 7) is 5.99.